The van der Waals surface area contributed by atoms with Crippen LogP contribution in [-0.2, 0) is 0 Å². The van der Waals surface area contributed by atoms with E-state index in [4.69, 9.17) is 5.73 Å². The number of nitrogen functional groups attached to an aromatic ring is 1. The summed E-state index contributed by atoms with van der Waals surface area (Å²) in [6.45, 7) is 10.1. The summed E-state index contributed by atoms with van der Waals surface area (Å²) in [6.07, 6.45) is 1.16. The van der Waals surface area contributed by atoms with E-state index in [1.807, 2.05) is 13.8 Å². The Morgan fingerprint density at radius 3 is 2.61 bits per heavy atom. The van der Waals surface area contributed by atoms with E-state index in [9.17, 15) is 0 Å². The van der Waals surface area contributed by atoms with Crippen LogP contribution in [0.1, 0.15) is 31.7 Å². The summed E-state index contributed by atoms with van der Waals surface area (Å²) in [7, 11) is 2.14. The van der Waals surface area contributed by atoms with Crippen LogP contribution in [0.3, 0.4) is 0 Å². The van der Waals surface area contributed by atoms with Gasteiger partial charge in [-0.05, 0) is 34.2 Å². The number of nitrogens with one attached hydrogen (secondary N) is 1. The minimum atomic E-state index is 0.556. The third-order valence-corrected chi connectivity index (χ3v) is 3.40. The first-order valence-electron chi connectivity index (χ1n) is 6.50. The highest BCUT2D eigenvalue weighted by molar-refractivity contribution is 5.54. The molecule has 0 aliphatic rings. The zero-order chi connectivity index (χ0) is 13.7. The molecule has 0 saturated heterocycles. The molecular formula is C13H25N5. The molecule has 0 aliphatic carbocycles. The molecule has 1 heterocycles. The van der Waals surface area contributed by atoms with Crippen molar-refractivity contribution in [1.82, 2.24) is 14.9 Å². The molecule has 1 aromatic heterocycles. The second-order valence-corrected chi connectivity index (χ2v) is 4.79. The highest BCUT2D eigenvalue weighted by Gasteiger charge is 2.08. The summed E-state index contributed by atoms with van der Waals surface area (Å²) >= 11 is 0. The first-order valence-corrected chi connectivity index (χ1v) is 6.50. The average molecular weight is 251 g/mol. The highest BCUT2D eigenvalue weighted by Crippen LogP contribution is 2.16. The topological polar surface area (TPSA) is 67.1 Å². The van der Waals surface area contributed by atoms with Gasteiger partial charge in [-0.15, -0.1) is 0 Å². The maximum atomic E-state index is 5.82. The number of nitrogens with zero attached hydrogens (tertiary/aromatic N) is 3. The van der Waals surface area contributed by atoms with Crippen LogP contribution in [0, 0.1) is 13.8 Å². The molecule has 1 rings (SSSR count). The molecule has 5 heteroatoms. The van der Waals surface area contributed by atoms with E-state index in [0.29, 0.717) is 17.7 Å². The minimum Gasteiger partial charge on any atom is -0.383 e. The molecule has 3 N–H and O–H groups in total. The van der Waals surface area contributed by atoms with E-state index in [0.717, 1.165) is 30.9 Å². The Hall–Kier alpha value is -1.36. The van der Waals surface area contributed by atoms with Gasteiger partial charge in [-0.2, -0.15) is 0 Å². The molecule has 0 amide bonds. The Kier molecular flexibility index (Phi) is 5.34. The van der Waals surface area contributed by atoms with Gasteiger partial charge in [-0.3, -0.25) is 0 Å². The Balaban J connectivity index is 2.54. The van der Waals surface area contributed by atoms with Crippen molar-refractivity contribution in [2.75, 3.05) is 31.2 Å². The first-order chi connectivity index (χ1) is 8.45. The predicted octanol–water partition coefficient (Wildman–Crippen LogP) is 1.82. The van der Waals surface area contributed by atoms with Gasteiger partial charge < -0.3 is 16.0 Å². The number of anilines is 2. The first kappa shape index (κ1) is 14.7. The van der Waals surface area contributed by atoms with Gasteiger partial charge in [0, 0.05) is 24.7 Å². The van der Waals surface area contributed by atoms with E-state index in [1.54, 1.807) is 0 Å². The lowest BCUT2D eigenvalue weighted by atomic mass is 10.2. The predicted molar refractivity (Wildman–Crippen MR) is 76.8 cm³/mol. The summed E-state index contributed by atoms with van der Waals surface area (Å²) in [6, 6.07) is 0.602. The standard InChI is InChI=1S/C13H25N5/c1-6-9(2)18(5)8-7-15-13-10(3)12(14)16-11(4)17-13/h9H,6-8H2,1-5H3,(H3,14,15,16,17). The average Bonchev–Trinajstić information content (AvgIpc) is 2.33. The van der Waals surface area contributed by atoms with E-state index in [1.165, 1.54) is 0 Å². The quantitative estimate of drug-likeness (QED) is 0.807. The molecule has 1 unspecified atom stereocenters. The van der Waals surface area contributed by atoms with Crippen LogP contribution >= 0.6 is 0 Å². The van der Waals surface area contributed by atoms with Crippen molar-refractivity contribution in [2.24, 2.45) is 0 Å². The van der Waals surface area contributed by atoms with Crippen LogP contribution in [0.15, 0.2) is 0 Å². The molecule has 0 spiro atoms. The maximum Gasteiger partial charge on any atom is 0.134 e. The number of nitrogens with two attached hydrogens (primary N) is 1. The number of hydrogen-bond acceptors (Lipinski definition) is 5. The molecule has 5 nitrogen and oxygen atoms in total. The molecule has 102 valence electrons. The van der Waals surface area contributed by atoms with Gasteiger partial charge in [0.2, 0.25) is 0 Å². The zero-order valence-corrected chi connectivity index (χ0v) is 12.1. The van der Waals surface area contributed by atoms with Gasteiger partial charge in [0.1, 0.15) is 17.5 Å². The summed E-state index contributed by atoms with van der Waals surface area (Å²) in [5, 5.41) is 3.33. The Morgan fingerprint density at radius 2 is 2.00 bits per heavy atom. The lowest BCUT2D eigenvalue weighted by molar-refractivity contribution is 0.261. The molecule has 0 bridgehead atoms. The van der Waals surface area contributed by atoms with Crippen LogP contribution in [0.4, 0.5) is 11.6 Å². The number of rotatable bonds is 6. The molecular weight excluding hydrogens is 226 g/mol. The largest absolute Gasteiger partial charge is 0.383 e. The zero-order valence-electron chi connectivity index (χ0n) is 12.1. The molecule has 0 aliphatic heterocycles. The molecule has 1 aromatic rings. The molecule has 0 radical (unpaired) electrons. The van der Waals surface area contributed by atoms with Gasteiger partial charge in [0.05, 0.1) is 0 Å². The second kappa shape index (κ2) is 6.54. The maximum absolute atomic E-state index is 5.82. The summed E-state index contributed by atoms with van der Waals surface area (Å²) in [5.41, 5.74) is 6.74. The second-order valence-electron chi connectivity index (χ2n) is 4.79. The van der Waals surface area contributed by atoms with E-state index in [2.05, 4.69) is 41.1 Å². The van der Waals surface area contributed by atoms with Crippen molar-refractivity contribution in [2.45, 2.75) is 40.2 Å². The number of aryl methyl sites for hydroxylation is 1. The fraction of sp³-hybridized carbons (Fsp3) is 0.692. The van der Waals surface area contributed by atoms with Crippen molar-refractivity contribution in [3.8, 4) is 0 Å². The van der Waals surface area contributed by atoms with Crippen molar-refractivity contribution in [3.63, 3.8) is 0 Å². The molecule has 0 fully saturated rings. The molecule has 1 atom stereocenters. The van der Waals surface area contributed by atoms with Crippen LogP contribution in [0.25, 0.3) is 0 Å². The lowest BCUT2D eigenvalue weighted by Crippen LogP contribution is -2.33. The van der Waals surface area contributed by atoms with E-state index >= 15 is 0 Å². The third kappa shape index (κ3) is 3.84. The van der Waals surface area contributed by atoms with Crippen molar-refractivity contribution < 1.29 is 0 Å². The normalized spacial score (nSPS) is 12.8. The van der Waals surface area contributed by atoms with Gasteiger partial charge in [-0.1, -0.05) is 6.92 Å². The summed E-state index contributed by atoms with van der Waals surface area (Å²) in [4.78, 5) is 10.8. The van der Waals surface area contributed by atoms with Crippen LogP contribution in [0.2, 0.25) is 0 Å². The van der Waals surface area contributed by atoms with Gasteiger partial charge in [0.15, 0.2) is 0 Å². The van der Waals surface area contributed by atoms with Gasteiger partial charge >= 0.3 is 0 Å². The third-order valence-electron chi connectivity index (χ3n) is 3.40. The fourth-order valence-corrected chi connectivity index (χ4v) is 1.70. The van der Waals surface area contributed by atoms with Crippen molar-refractivity contribution in [3.05, 3.63) is 11.4 Å². The van der Waals surface area contributed by atoms with E-state index < -0.39 is 0 Å². The molecule has 18 heavy (non-hydrogen) atoms. The number of aromatic nitrogens is 2. The highest BCUT2D eigenvalue weighted by atomic mass is 15.1. The number of likely N-dealkylation sites (N-methyl/N-ethyl adjacent to an activating group) is 1. The van der Waals surface area contributed by atoms with E-state index in [-0.39, 0.29) is 0 Å². The SMILES string of the molecule is CCC(C)N(C)CCNc1nc(C)nc(N)c1C. The molecule has 0 aromatic carbocycles. The van der Waals surface area contributed by atoms with Crippen molar-refractivity contribution >= 4 is 11.6 Å². The summed E-state index contributed by atoms with van der Waals surface area (Å²) < 4.78 is 0. The van der Waals surface area contributed by atoms with Gasteiger partial charge in [0.25, 0.3) is 0 Å². The van der Waals surface area contributed by atoms with Crippen LogP contribution in [0.5, 0.6) is 0 Å². The Morgan fingerprint density at radius 1 is 1.33 bits per heavy atom. The van der Waals surface area contributed by atoms with Crippen molar-refractivity contribution in [1.29, 1.82) is 0 Å². The smallest absolute Gasteiger partial charge is 0.134 e. The monoisotopic (exact) mass is 251 g/mol. The lowest BCUT2D eigenvalue weighted by Gasteiger charge is -2.23. The van der Waals surface area contributed by atoms with Crippen LogP contribution in [-0.4, -0.2) is 41.0 Å². The number of hydrogen-bond donors (Lipinski definition) is 2. The van der Waals surface area contributed by atoms with Gasteiger partial charge in [-0.25, -0.2) is 9.97 Å². The fourth-order valence-electron chi connectivity index (χ4n) is 1.70. The Bertz CT molecular complexity index is 391. The summed E-state index contributed by atoms with van der Waals surface area (Å²) in [5.74, 6) is 2.11. The Labute approximate surface area is 110 Å². The van der Waals surface area contributed by atoms with Crippen LogP contribution < -0.4 is 11.1 Å². The minimum absolute atomic E-state index is 0.556. The molecule has 0 saturated carbocycles.